The third-order valence-corrected chi connectivity index (χ3v) is 1.82. The molecule has 0 radical (unpaired) electrons. The molecule has 1 heterocycles. The van der Waals surface area contributed by atoms with Gasteiger partial charge in [0.2, 0.25) is 0 Å². The quantitative estimate of drug-likeness (QED) is 0.763. The Balaban J connectivity index is 0.000000581. The molecule has 4 nitrogen and oxygen atoms in total. The second-order valence-corrected chi connectivity index (χ2v) is 2.86. The van der Waals surface area contributed by atoms with Crippen molar-refractivity contribution in [3.8, 4) is 0 Å². The number of nitrogens with two attached hydrogens (primary N) is 1. The first-order chi connectivity index (χ1) is 8.16. The number of aromatic nitrogens is 1. The van der Waals surface area contributed by atoms with Crippen LogP contribution < -0.4 is 11.5 Å². The van der Waals surface area contributed by atoms with Crippen molar-refractivity contribution in [3.63, 3.8) is 0 Å². The zero-order chi connectivity index (χ0) is 13.4. The van der Waals surface area contributed by atoms with Crippen LogP contribution in [0.1, 0.15) is 33.3 Å². The van der Waals surface area contributed by atoms with Crippen molar-refractivity contribution in [2.24, 2.45) is 0 Å². The largest absolute Gasteiger partial charge is 0.441 e. The lowest BCUT2D eigenvalue weighted by Crippen LogP contribution is -2.07. The van der Waals surface area contributed by atoms with E-state index >= 15 is 0 Å². The van der Waals surface area contributed by atoms with Gasteiger partial charge in [-0.2, -0.15) is 4.98 Å². The summed E-state index contributed by atoms with van der Waals surface area (Å²) in [7, 11) is 0. The first-order valence-electron chi connectivity index (χ1n) is 5.84. The standard InChI is InChI=1S/C9H8N2O2.2C2H6/c1-5-2-3-6-7(4-5)13-9(12)11-8(6)10;2*1-2/h2-4H,1H3,(H2,10,11,12);2*1-2H3. The van der Waals surface area contributed by atoms with Crippen molar-refractivity contribution in [3.05, 3.63) is 34.3 Å². The predicted octanol–water partition coefficient (Wildman–Crippen LogP) is 3.13. The molecule has 1 aromatic carbocycles. The van der Waals surface area contributed by atoms with E-state index in [1.165, 1.54) is 0 Å². The number of fused-ring (bicyclic) bond motifs is 1. The number of hydrogen-bond acceptors (Lipinski definition) is 4. The molecular formula is C13H20N2O2. The lowest BCUT2D eigenvalue weighted by Gasteiger charge is -1.98. The zero-order valence-electron chi connectivity index (χ0n) is 11.1. The second-order valence-electron chi connectivity index (χ2n) is 2.86. The average Bonchev–Trinajstić information content (AvgIpc) is 2.33. The van der Waals surface area contributed by atoms with Crippen molar-refractivity contribution in [2.75, 3.05) is 5.73 Å². The van der Waals surface area contributed by atoms with E-state index in [4.69, 9.17) is 10.2 Å². The number of aryl methyl sites for hydroxylation is 1. The van der Waals surface area contributed by atoms with Gasteiger partial charge < -0.3 is 10.2 Å². The molecule has 0 unspecified atom stereocenters. The van der Waals surface area contributed by atoms with E-state index in [1.807, 2.05) is 40.7 Å². The van der Waals surface area contributed by atoms with Crippen LogP contribution in [0.5, 0.6) is 0 Å². The van der Waals surface area contributed by atoms with E-state index < -0.39 is 5.76 Å². The summed E-state index contributed by atoms with van der Waals surface area (Å²) in [5.74, 6) is -0.443. The molecule has 0 saturated carbocycles. The van der Waals surface area contributed by atoms with Crippen LogP contribution in [0.2, 0.25) is 0 Å². The monoisotopic (exact) mass is 236 g/mol. The molecule has 0 spiro atoms. The molecule has 0 bridgehead atoms. The number of hydrogen-bond donors (Lipinski definition) is 1. The third-order valence-electron chi connectivity index (χ3n) is 1.82. The summed E-state index contributed by atoms with van der Waals surface area (Å²) in [6.07, 6.45) is 0. The summed E-state index contributed by atoms with van der Waals surface area (Å²) >= 11 is 0. The summed E-state index contributed by atoms with van der Waals surface area (Å²) < 4.78 is 4.88. The summed E-state index contributed by atoms with van der Waals surface area (Å²) in [5.41, 5.74) is 7.03. The summed E-state index contributed by atoms with van der Waals surface area (Å²) in [4.78, 5) is 14.3. The molecule has 0 aliphatic heterocycles. The third kappa shape index (κ3) is 3.90. The Morgan fingerprint density at radius 3 is 2.35 bits per heavy atom. The lowest BCUT2D eigenvalue weighted by atomic mass is 10.2. The molecule has 94 valence electrons. The molecule has 0 fully saturated rings. The van der Waals surface area contributed by atoms with Crippen LogP contribution in [0.3, 0.4) is 0 Å². The van der Waals surface area contributed by atoms with Crippen LogP contribution in [0.4, 0.5) is 5.82 Å². The van der Waals surface area contributed by atoms with Gasteiger partial charge in [0.1, 0.15) is 11.4 Å². The number of nitrogen functional groups attached to an aromatic ring is 1. The van der Waals surface area contributed by atoms with Gasteiger partial charge in [-0.25, -0.2) is 4.79 Å². The molecule has 0 saturated heterocycles. The SMILES string of the molecule is CC.CC.Cc1ccc2c(N)nc(=O)oc2c1. The average molecular weight is 236 g/mol. The van der Waals surface area contributed by atoms with Crippen LogP contribution in [-0.2, 0) is 0 Å². The maximum absolute atomic E-state index is 10.9. The molecule has 2 rings (SSSR count). The first-order valence-corrected chi connectivity index (χ1v) is 5.84. The van der Waals surface area contributed by atoms with Gasteiger partial charge in [-0.3, -0.25) is 0 Å². The normalized spacial score (nSPS) is 8.76. The molecule has 4 heteroatoms. The summed E-state index contributed by atoms with van der Waals surface area (Å²) in [6, 6.07) is 5.44. The van der Waals surface area contributed by atoms with Crippen LogP contribution >= 0.6 is 0 Å². The Labute approximate surface area is 101 Å². The molecule has 0 aliphatic rings. The second kappa shape index (κ2) is 7.44. The first kappa shape index (κ1) is 15.2. The Bertz CT molecular complexity index is 518. The van der Waals surface area contributed by atoms with Gasteiger partial charge in [0.15, 0.2) is 0 Å². The molecule has 2 N–H and O–H groups in total. The van der Waals surface area contributed by atoms with E-state index in [0.29, 0.717) is 11.0 Å². The van der Waals surface area contributed by atoms with E-state index in [-0.39, 0.29) is 5.82 Å². The van der Waals surface area contributed by atoms with Gasteiger partial charge in [0.25, 0.3) is 0 Å². The van der Waals surface area contributed by atoms with E-state index in [2.05, 4.69) is 4.98 Å². The van der Waals surface area contributed by atoms with Gasteiger partial charge in [-0.15, -0.1) is 0 Å². The number of benzene rings is 1. The van der Waals surface area contributed by atoms with Crippen molar-refractivity contribution >= 4 is 16.8 Å². The molecule has 0 amide bonds. The fourth-order valence-electron chi connectivity index (χ4n) is 1.20. The van der Waals surface area contributed by atoms with Gasteiger partial charge in [-0.05, 0) is 24.6 Å². The summed E-state index contributed by atoms with van der Waals surface area (Å²) in [5, 5.41) is 0.671. The van der Waals surface area contributed by atoms with Gasteiger partial charge in [-0.1, -0.05) is 33.8 Å². The lowest BCUT2D eigenvalue weighted by molar-refractivity contribution is 0.533. The van der Waals surface area contributed by atoms with Crippen LogP contribution in [0.25, 0.3) is 11.0 Å². The molecule has 2 aromatic rings. The van der Waals surface area contributed by atoms with Crippen molar-refractivity contribution in [1.82, 2.24) is 4.98 Å². The van der Waals surface area contributed by atoms with Gasteiger partial charge in [0.05, 0.1) is 5.39 Å². The Morgan fingerprint density at radius 2 is 1.76 bits per heavy atom. The molecule has 17 heavy (non-hydrogen) atoms. The zero-order valence-corrected chi connectivity index (χ0v) is 11.1. The minimum atomic E-state index is -0.657. The Hall–Kier alpha value is -1.84. The van der Waals surface area contributed by atoms with Crippen molar-refractivity contribution in [2.45, 2.75) is 34.6 Å². The van der Waals surface area contributed by atoms with Gasteiger partial charge in [0, 0.05) is 0 Å². The number of rotatable bonds is 0. The Morgan fingerprint density at radius 1 is 1.18 bits per heavy atom. The van der Waals surface area contributed by atoms with E-state index in [0.717, 1.165) is 5.56 Å². The number of anilines is 1. The van der Waals surface area contributed by atoms with Crippen LogP contribution in [0, 0.1) is 6.92 Å². The highest BCUT2D eigenvalue weighted by atomic mass is 16.4. The highest BCUT2D eigenvalue weighted by molar-refractivity contribution is 5.86. The van der Waals surface area contributed by atoms with Crippen LogP contribution in [0.15, 0.2) is 27.4 Å². The van der Waals surface area contributed by atoms with Crippen LogP contribution in [-0.4, -0.2) is 4.98 Å². The molecule has 1 aromatic heterocycles. The minimum Gasteiger partial charge on any atom is -0.408 e. The molecule has 0 atom stereocenters. The van der Waals surface area contributed by atoms with Gasteiger partial charge >= 0.3 is 5.76 Å². The smallest absolute Gasteiger partial charge is 0.408 e. The fourth-order valence-corrected chi connectivity index (χ4v) is 1.20. The summed E-state index contributed by atoms with van der Waals surface area (Å²) in [6.45, 7) is 9.91. The molecule has 0 aliphatic carbocycles. The fraction of sp³-hybridized carbons (Fsp3) is 0.385. The minimum absolute atomic E-state index is 0.214. The maximum Gasteiger partial charge on any atom is 0.441 e. The Kier molecular flexibility index (Phi) is 6.63. The van der Waals surface area contributed by atoms with Crippen molar-refractivity contribution < 1.29 is 4.42 Å². The van der Waals surface area contributed by atoms with E-state index in [9.17, 15) is 4.79 Å². The van der Waals surface area contributed by atoms with Crippen molar-refractivity contribution in [1.29, 1.82) is 0 Å². The highest BCUT2D eigenvalue weighted by Crippen LogP contribution is 2.17. The highest BCUT2D eigenvalue weighted by Gasteiger charge is 2.02. The number of nitrogens with zero attached hydrogens (tertiary/aromatic N) is 1. The maximum atomic E-state index is 10.9. The molecular weight excluding hydrogens is 216 g/mol. The van der Waals surface area contributed by atoms with E-state index in [1.54, 1.807) is 12.1 Å². The topological polar surface area (TPSA) is 69.1 Å². The predicted molar refractivity (Wildman–Crippen MR) is 72.1 cm³/mol.